The molecule has 168 valence electrons. The highest BCUT2D eigenvalue weighted by molar-refractivity contribution is 8.03. The SMILES string of the molecule is CCOC(CN1CC[N+]2(CC1)Cc1cc3c(cc1C2)CSC(C)C(C)SC3)OCC. The van der Waals surface area contributed by atoms with E-state index in [-0.39, 0.29) is 6.29 Å². The van der Waals surface area contributed by atoms with Crippen molar-refractivity contribution >= 4 is 23.5 Å². The Hall–Kier alpha value is -0.240. The van der Waals surface area contributed by atoms with E-state index in [4.69, 9.17) is 9.47 Å². The molecule has 1 spiro atoms. The Balaban J connectivity index is 1.39. The smallest absolute Gasteiger partial charge is 0.170 e. The Morgan fingerprint density at radius 3 is 1.87 bits per heavy atom. The molecule has 6 heteroatoms. The fourth-order valence-corrected chi connectivity index (χ4v) is 7.45. The number of piperazine rings is 1. The van der Waals surface area contributed by atoms with Gasteiger partial charge in [0.25, 0.3) is 0 Å². The van der Waals surface area contributed by atoms with E-state index in [2.05, 4.69) is 54.4 Å². The summed E-state index contributed by atoms with van der Waals surface area (Å²) in [4.78, 5) is 2.54. The van der Waals surface area contributed by atoms with Gasteiger partial charge in [0.2, 0.25) is 0 Å². The molecule has 0 radical (unpaired) electrons. The summed E-state index contributed by atoms with van der Waals surface area (Å²) in [6.45, 7) is 18.4. The van der Waals surface area contributed by atoms with Crippen LogP contribution in [0.1, 0.15) is 49.9 Å². The Bertz CT molecular complexity index is 672. The molecule has 0 saturated carbocycles. The van der Waals surface area contributed by atoms with Crippen LogP contribution < -0.4 is 0 Å². The maximum atomic E-state index is 5.77. The first-order valence-corrected chi connectivity index (χ1v) is 13.8. The van der Waals surface area contributed by atoms with Gasteiger partial charge in [-0.15, -0.1) is 0 Å². The topological polar surface area (TPSA) is 21.7 Å². The highest BCUT2D eigenvalue weighted by Gasteiger charge is 2.40. The van der Waals surface area contributed by atoms with Gasteiger partial charge in [-0.1, -0.05) is 13.8 Å². The number of hydrogen-bond donors (Lipinski definition) is 0. The second-order valence-corrected chi connectivity index (χ2v) is 11.9. The van der Waals surface area contributed by atoms with Crippen LogP contribution in [-0.2, 0) is 34.1 Å². The summed E-state index contributed by atoms with van der Waals surface area (Å²) in [7, 11) is 0. The molecule has 2 atom stereocenters. The van der Waals surface area contributed by atoms with Gasteiger partial charge in [0.05, 0.1) is 13.1 Å². The lowest BCUT2D eigenvalue weighted by Crippen LogP contribution is -2.57. The van der Waals surface area contributed by atoms with Gasteiger partial charge in [0.15, 0.2) is 6.29 Å². The van der Waals surface area contributed by atoms with Crippen molar-refractivity contribution in [3.05, 3.63) is 34.4 Å². The fourth-order valence-electron chi connectivity index (χ4n) is 5.01. The molecule has 3 aliphatic rings. The van der Waals surface area contributed by atoms with Crippen molar-refractivity contribution in [2.75, 3.05) is 45.9 Å². The zero-order valence-electron chi connectivity index (χ0n) is 19.2. The van der Waals surface area contributed by atoms with Crippen molar-refractivity contribution in [1.29, 1.82) is 0 Å². The van der Waals surface area contributed by atoms with Crippen LogP contribution >= 0.6 is 23.5 Å². The largest absolute Gasteiger partial charge is 0.352 e. The van der Waals surface area contributed by atoms with Crippen molar-refractivity contribution in [1.82, 2.24) is 4.90 Å². The van der Waals surface area contributed by atoms with E-state index in [1.165, 1.54) is 42.2 Å². The normalized spacial score (nSPS) is 26.4. The second-order valence-electron chi connectivity index (χ2n) is 9.17. The molecule has 3 aliphatic heterocycles. The van der Waals surface area contributed by atoms with Crippen molar-refractivity contribution < 1.29 is 14.0 Å². The second kappa shape index (κ2) is 10.1. The first-order valence-electron chi connectivity index (χ1n) is 11.7. The molecule has 1 fully saturated rings. The van der Waals surface area contributed by atoms with Gasteiger partial charge >= 0.3 is 0 Å². The predicted octanol–water partition coefficient (Wildman–Crippen LogP) is 4.49. The zero-order chi connectivity index (χ0) is 21.1. The highest BCUT2D eigenvalue weighted by atomic mass is 32.2. The number of nitrogens with zero attached hydrogens (tertiary/aromatic N) is 2. The molecule has 3 heterocycles. The molecule has 4 rings (SSSR count). The van der Waals surface area contributed by atoms with Gasteiger partial charge in [-0.2, -0.15) is 23.5 Å². The molecule has 0 aliphatic carbocycles. The van der Waals surface area contributed by atoms with Crippen LogP contribution in [0.2, 0.25) is 0 Å². The summed E-state index contributed by atoms with van der Waals surface area (Å²) < 4.78 is 12.8. The Labute approximate surface area is 191 Å². The van der Waals surface area contributed by atoms with Gasteiger partial charge in [0.1, 0.15) is 13.1 Å². The number of fused-ring (bicyclic) bond motifs is 2. The van der Waals surface area contributed by atoms with E-state index < -0.39 is 0 Å². The van der Waals surface area contributed by atoms with Crippen LogP contribution in [0.3, 0.4) is 0 Å². The molecule has 1 saturated heterocycles. The third-order valence-electron chi connectivity index (χ3n) is 7.09. The van der Waals surface area contributed by atoms with E-state index in [1.54, 1.807) is 22.3 Å². The van der Waals surface area contributed by atoms with Gasteiger partial charge in [-0.25, -0.2) is 0 Å². The van der Waals surface area contributed by atoms with E-state index >= 15 is 0 Å². The molecular weight excluding hydrogens is 412 g/mol. The van der Waals surface area contributed by atoms with E-state index in [0.717, 1.165) is 30.1 Å². The molecular formula is C24H39N2O2S2+. The van der Waals surface area contributed by atoms with Gasteiger partial charge in [0, 0.05) is 66.0 Å². The van der Waals surface area contributed by atoms with Crippen molar-refractivity contribution in [2.24, 2.45) is 0 Å². The molecule has 4 nitrogen and oxygen atoms in total. The standard InChI is InChI=1S/C24H39N2O2S2/c1-5-27-24(28-6-2)13-25-7-9-26(10-8-25)14-20-11-22-16-29-18(3)19(4)30-17-23(22)12-21(20)15-26/h11-12,18-19,24H,5-10,13-17H2,1-4H3/q+1. The summed E-state index contributed by atoms with van der Waals surface area (Å²) in [5.74, 6) is 2.36. The molecule has 2 unspecified atom stereocenters. The number of hydrogen-bond acceptors (Lipinski definition) is 5. The Kier molecular flexibility index (Phi) is 7.75. The average molecular weight is 452 g/mol. The summed E-state index contributed by atoms with van der Waals surface area (Å²) >= 11 is 4.27. The quantitative estimate of drug-likeness (QED) is 0.468. The molecule has 1 aromatic carbocycles. The van der Waals surface area contributed by atoms with Crippen molar-refractivity contribution in [2.45, 2.75) is 69.1 Å². The number of ether oxygens (including phenoxy) is 2. The summed E-state index contributed by atoms with van der Waals surface area (Å²) in [6, 6.07) is 5.14. The van der Waals surface area contributed by atoms with E-state index in [9.17, 15) is 0 Å². The molecule has 0 N–H and O–H groups in total. The monoisotopic (exact) mass is 451 g/mol. The maximum absolute atomic E-state index is 5.77. The molecule has 0 bridgehead atoms. The van der Waals surface area contributed by atoms with Crippen LogP contribution in [0.25, 0.3) is 0 Å². The predicted molar refractivity (Wildman–Crippen MR) is 129 cm³/mol. The number of rotatable bonds is 6. The summed E-state index contributed by atoms with van der Waals surface area (Å²) in [6.07, 6.45) is -0.0818. The lowest BCUT2D eigenvalue weighted by molar-refractivity contribution is -0.951. The molecule has 30 heavy (non-hydrogen) atoms. The Morgan fingerprint density at radius 1 is 0.900 bits per heavy atom. The zero-order valence-corrected chi connectivity index (χ0v) is 20.8. The number of quaternary nitrogens is 1. The molecule has 0 aromatic heterocycles. The average Bonchev–Trinajstić information content (AvgIpc) is 3.07. The van der Waals surface area contributed by atoms with Crippen LogP contribution in [0.4, 0.5) is 0 Å². The number of thioether (sulfide) groups is 2. The van der Waals surface area contributed by atoms with Crippen LogP contribution in [0.15, 0.2) is 12.1 Å². The lowest BCUT2D eigenvalue weighted by Gasteiger charge is -2.42. The maximum Gasteiger partial charge on any atom is 0.170 e. The number of benzene rings is 1. The third-order valence-corrected chi connectivity index (χ3v) is 10.1. The fraction of sp³-hybridized carbons (Fsp3) is 0.750. The first kappa shape index (κ1) is 22.9. The highest BCUT2D eigenvalue weighted by Crippen LogP contribution is 2.39. The molecule has 0 amide bonds. The van der Waals surface area contributed by atoms with Crippen LogP contribution in [-0.4, -0.2) is 72.1 Å². The van der Waals surface area contributed by atoms with Crippen LogP contribution in [0, 0.1) is 0 Å². The van der Waals surface area contributed by atoms with E-state index in [1.807, 2.05) is 13.8 Å². The van der Waals surface area contributed by atoms with Crippen molar-refractivity contribution in [3.63, 3.8) is 0 Å². The Morgan fingerprint density at radius 2 is 1.40 bits per heavy atom. The molecule has 1 aromatic rings. The van der Waals surface area contributed by atoms with Crippen molar-refractivity contribution in [3.8, 4) is 0 Å². The third kappa shape index (κ3) is 5.21. The minimum absolute atomic E-state index is 0.0818. The van der Waals surface area contributed by atoms with E-state index in [0.29, 0.717) is 13.2 Å². The van der Waals surface area contributed by atoms with Gasteiger partial charge < -0.3 is 14.0 Å². The summed E-state index contributed by atoms with van der Waals surface area (Å²) in [5, 5.41) is 1.47. The minimum atomic E-state index is -0.0818. The van der Waals surface area contributed by atoms with Gasteiger partial charge in [-0.3, -0.25) is 4.90 Å². The lowest BCUT2D eigenvalue weighted by atomic mass is 10.0. The van der Waals surface area contributed by atoms with Gasteiger partial charge in [-0.05, 0) is 37.1 Å². The first-order chi connectivity index (χ1) is 14.5. The van der Waals surface area contributed by atoms with Crippen LogP contribution in [0.5, 0.6) is 0 Å². The minimum Gasteiger partial charge on any atom is -0.352 e. The summed E-state index contributed by atoms with van der Waals surface area (Å²) in [5.41, 5.74) is 6.44.